The molecular weight excluding hydrogens is 380 g/mol. The molecule has 2 aliphatic heterocycles. The zero-order valence-corrected chi connectivity index (χ0v) is 16.7. The lowest BCUT2D eigenvalue weighted by atomic mass is 10.1. The van der Waals surface area contributed by atoms with Crippen molar-refractivity contribution in [3.8, 4) is 5.69 Å². The Hall–Kier alpha value is -2.43. The van der Waals surface area contributed by atoms with Crippen LogP contribution in [0.3, 0.4) is 0 Å². The molecule has 150 valence electrons. The van der Waals surface area contributed by atoms with Crippen molar-refractivity contribution in [2.45, 2.75) is 25.0 Å². The van der Waals surface area contributed by atoms with Crippen molar-refractivity contribution in [3.05, 3.63) is 42.5 Å². The Bertz CT molecular complexity index is 987. The molecule has 2 fully saturated rings. The highest BCUT2D eigenvalue weighted by atomic mass is 32.2. The normalized spacial score (nSPS) is 22.4. The second-order valence-corrected chi connectivity index (χ2v) is 9.44. The van der Waals surface area contributed by atoms with Gasteiger partial charge in [-0.25, -0.2) is 18.2 Å². The van der Waals surface area contributed by atoms with E-state index in [4.69, 9.17) is 5.73 Å². The zero-order chi connectivity index (χ0) is 20.1. The summed E-state index contributed by atoms with van der Waals surface area (Å²) in [5, 5.41) is 0. The maximum atomic E-state index is 12.6. The fourth-order valence-corrected chi connectivity index (χ4v) is 4.13. The van der Waals surface area contributed by atoms with Crippen LogP contribution < -0.4 is 10.6 Å². The van der Waals surface area contributed by atoms with Gasteiger partial charge in [-0.1, -0.05) is 0 Å². The molecule has 2 aromatic rings. The number of nitrogens with zero attached hydrogens (tertiary/aromatic N) is 5. The quantitative estimate of drug-likeness (QED) is 0.786. The largest absolute Gasteiger partial charge is 0.326 e. The predicted molar refractivity (Wildman–Crippen MR) is 106 cm³/mol. The van der Waals surface area contributed by atoms with Crippen LogP contribution in [0.5, 0.6) is 0 Å². The van der Waals surface area contributed by atoms with Crippen LogP contribution in [-0.2, 0) is 16.6 Å². The SMILES string of the molecule is CN(Cc1nccn1-c1ccc(N2C[C@@H]3[C@H](N)CCN3C2=O)cc1)S(C)(=O)=O. The summed E-state index contributed by atoms with van der Waals surface area (Å²) in [6.45, 7) is 1.49. The van der Waals surface area contributed by atoms with E-state index in [0.717, 1.165) is 17.8 Å². The van der Waals surface area contributed by atoms with E-state index >= 15 is 0 Å². The Morgan fingerprint density at radius 3 is 2.57 bits per heavy atom. The first kappa shape index (κ1) is 18.9. The number of hydrogen-bond donors (Lipinski definition) is 1. The summed E-state index contributed by atoms with van der Waals surface area (Å²) in [4.78, 5) is 20.5. The fraction of sp³-hybridized carbons (Fsp3) is 0.444. The van der Waals surface area contributed by atoms with Crippen LogP contribution in [0.4, 0.5) is 10.5 Å². The minimum atomic E-state index is -3.29. The molecule has 0 saturated carbocycles. The van der Waals surface area contributed by atoms with Gasteiger partial charge in [-0.2, -0.15) is 4.31 Å². The van der Waals surface area contributed by atoms with Gasteiger partial charge in [-0.3, -0.25) is 4.90 Å². The van der Waals surface area contributed by atoms with E-state index in [2.05, 4.69) is 4.98 Å². The number of benzene rings is 1. The van der Waals surface area contributed by atoms with Crippen LogP contribution in [-0.4, -0.2) is 71.7 Å². The van der Waals surface area contributed by atoms with Crippen LogP contribution in [0.2, 0.25) is 0 Å². The summed E-state index contributed by atoms with van der Waals surface area (Å²) in [6.07, 6.45) is 5.45. The molecule has 0 unspecified atom stereocenters. The summed E-state index contributed by atoms with van der Waals surface area (Å²) in [5.41, 5.74) is 7.79. The Labute approximate surface area is 164 Å². The van der Waals surface area contributed by atoms with Crippen LogP contribution in [0.15, 0.2) is 36.7 Å². The van der Waals surface area contributed by atoms with Crippen molar-refractivity contribution in [2.75, 3.05) is 31.3 Å². The van der Waals surface area contributed by atoms with Gasteiger partial charge in [-0.05, 0) is 30.7 Å². The number of rotatable bonds is 5. The molecule has 0 bridgehead atoms. The summed E-state index contributed by atoms with van der Waals surface area (Å²) in [7, 11) is -1.77. The van der Waals surface area contributed by atoms with Gasteiger partial charge in [0, 0.05) is 49.9 Å². The second-order valence-electron chi connectivity index (χ2n) is 7.36. The maximum absolute atomic E-state index is 12.6. The lowest BCUT2D eigenvalue weighted by molar-refractivity contribution is 0.218. The van der Waals surface area contributed by atoms with Gasteiger partial charge in [0.05, 0.1) is 18.8 Å². The topological polar surface area (TPSA) is 105 Å². The number of carbonyl (C=O) groups is 1. The van der Waals surface area contributed by atoms with Crippen molar-refractivity contribution in [2.24, 2.45) is 5.73 Å². The third-order valence-electron chi connectivity index (χ3n) is 5.53. The highest BCUT2D eigenvalue weighted by molar-refractivity contribution is 7.88. The molecule has 1 aromatic heterocycles. The van der Waals surface area contributed by atoms with Gasteiger partial charge in [0.25, 0.3) is 0 Å². The van der Waals surface area contributed by atoms with Crippen LogP contribution in [0.25, 0.3) is 5.69 Å². The number of hydrogen-bond acceptors (Lipinski definition) is 5. The Kier molecular flexibility index (Phi) is 4.64. The van der Waals surface area contributed by atoms with Gasteiger partial charge >= 0.3 is 6.03 Å². The van der Waals surface area contributed by atoms with E-state index in [9.17, 15) is 13.2 Å². The number of anilines is 1. The van der Waals surface area contributed by atoms with Crippen LogP contribution in [0, 0.1) is 0 Å². The maximum Gasteiger partial charge on any atom is 0.324 e. The number of amides is 2. The average Bonchev–Trinajstić information content (AvgIpc) is 3.33. The van der Waals surface area contributed by atoms with Gasteiger partial charge in [0.1, 0.15) is 5.82 Å². The highest BCUT2D eigenvalue weighted by Crippen LogP contribution is 2.30. The van der Waals surface area contributed by atoms with E-state index in [1.54, 1.807) is 17.3 Å². The lowest BCUT2D eigenvalue weighted by Crippen LogP contribution is -2.37. The molecule has 3 heterocycles. The summed E-state index contributed by atoms with van der Waals surface area (Å²) >= 11 is 0. The van der Waals surface area contributed by atoms with Gasteiger partial charge in [0.15, 0.2) is 0 Å². The number of aromatic nitrogens is 2. The molecule has 0 spiro atoms. The minimum Gasteiger partial charge on any atom is -0.326 e. The fourth-order valence-electron chi connectivity index (χ4n) is 3.78. The zero-order valence-electron chi connectivity index (χ0n) is 15.9. The monoisotopic (exact) mass is 404 g/mol. The molecule has 9 nitrogen and oxygen atoms in total. The first-order valence-corrected chi connectivity index (χ1v) is 11.0. The number of urea groups is 1. The smallest absolute Gasteiger partial charge is 0.324 e. The van der Waals surface area contributed by atoms with Crippen LogP contribution in [0.1, 0.15) is 12.2 Å². The van der Waals surface area contributed by atoms with E-state index in [0.29, 0.717) is 18.9 Å². The van der Waals surface area contributed by atoms with E-state index in [1.165, 1.54) is 17.6 Å². The Morgan fingerprint density at radius 2 is 1.93 bits per heavy atom. The van der Waals surface area contributed by atoms with Crippen molar-refractivity contribution in [1.29, 1.82) is 0 Å². The summed E-state index contributed by atoms with van der Waals surface area (Å²) < 4.78 is 26.4. The summed E-state index contributed by atoms with van der Waals surface area (Å²) in [5.74, 6) is 0.615. The molecule has 2 saturated heterocycles. The van der Waals surface area contributed by atoms with Gasteiger partial charge < -0.3 is 15.2 Å². The van der Waals surface area contributed by atoms with Crippen molar-refractivity contribution < 1.29 is 13.2 Å². The number of sulfonamides is 1. The van der Waals surface area contributed by atoms with Crippen molar-refractivity contribution >= 4 is 21.7 Å². The first-order valence-electron chi connectivity index (χ1n) is 9.13. The van der Waals surface area contributed by atoms with E-state index in [1.807, 2.05) is 33.7 Å². The molecule has 0 radical (unpaired) electrons. The summed E-state index contributed by atoms with van der Waals surface area (Å²) in [6, 6.07) is 7.71. The van der Waals surface area contributed by atoms with E-state index < -0.39 is 10.0 Å². The molecule has 0 aliphatic carbocycles. The molecule has 2 amide bonds. The molecule has 2 N–H and O–H groups in total. The Morgan fingerprint density at radius 1 is 1.25 bits per heavy atom. The molecule has 28 heavy (non-hydrogen) atoms. The number of carbonyl (C=O) groups excluding carboxylic acids is 1. The second kappa shape index (κ2) is 6.87. The average molecular weight is 404 g/mol. The predicted octanol–water partition coefficient (Wildman–Crippen LogP) is 0.605. The van der Waals surface area contributed by atoms with Gasteiger partial charge in [0.2, 0.25) is 10.0 Å². The van der Waals surface area contributed by atoms with Gasteiger partial charge in [-0.15, -0.1) is 0 Å². The molecule has 2 aliphatic rings. The molecular formula is C18H24N6O3S. The molecule has 2 atom stereocenters. The lowest BCUT2D eigenvalue weighted by Gasteiger charge is -2.18. The van der Waals surface area contributed by atoms with E-state index in [-0.39, 0.29) is 24.7 Å². The van der Waals surface area contributed by atoms with Crippen molar-refractivity contribution in [3.63, 3.8) is 0 Å². The third kappa shape index (κ3) is 3.27. The van der Waals surface area contributed by atoms with Crippen LogP contribution >= 0.6 is 0 Å². The first-order chi connectivity index (χ1) is 13.3. The number of fused-ring (bicyclic) bond motifs is 1. The number of imidazole rings is 1. The minimum absolute atomic E-state index is 0.00352. The highest BCUT2D eigenvalue weighted by Gasteiger charge is 2.44. The number of nitrogens with two attached hydrogens (primary N) is 1. The Balaban J connectivity index is 1.54. The molecule has 4 rings (SSSR count). The standard InChI is InChI=1S/C18H24N6O3S/c1-21(28(2,26)27)12-17-20-8-10-22(17)13-3-5-14(6-4-13)24-11-16-15(19)7-9-23(16)18(24)25/h3-6,8,10,15-16H,7,9,11-12,19H2,1-2H3/t15-,16-/m1/s1. The van der Waals surface area contributed by atoms with Crippen molar-refractivity contribution in [1.82, 2.24) is 18.8 Å². The molecule has 1 aromatic carbocycles. The third-order valence-corrected chi connectivity index (χ3v) is 6.79. The molecule has 10 heteroatoms.